The summed E-state index contributed by atoms with van der Waals surface area (Å²) in [5, 5.41) is 3.97. The van der Waals surface area contributed by atoms with Crippen molar-refractivity contribution in [2.45, 2.75) is 39.8 Å². The molecule has 1 rings (SSSR count). The first-order valence-electron chi connectivity index (χ1n) is 5.85. The molecule has 1 atom stereocenters. The Bertz CT molecular complexity index is 309. The molecular formula is C12H23N3O. The maximum absolute atomic E-state index is 6.00. The van der Waals surface area contributed by atoms with Gasteiger partial charge in [-0.05, 0) is 32.9 Å². The van der Waals surface area contributed by atoms with Crippen LogP contribution in [0.1, 0.15) is 31.7 Å². The summed E-state index contributed by atoms with van der Waals surface area (Å²) in [6, 6.07) is 2.25. The molecule has 0 radical (unpaired) electrons. The van der Waals surface area contributed by atoms with Crippen LogP contribution in [0.2, 0.25) is 0 Å². The van der Waals surface area contributed by atoms with E-state index in [4.69, 9.17) is 10.3 Å². The molecule has 2 N–H and O–H groups in total. The van der Waals surface area contributed by atoms with E-state index >= 15 is 0 Å². The highest BCUT2D eigenvalue weighted by molar-refractivity contribution is 5.02. The second-order valence-electron chi connectivity index (χ2n) is 4.86. The number of hydrogen-bond acceptors (Lipinski definition) is 4. The van der Waals surface area contributed by atoms with Crippen molar-refractivity contribution in [1.82, 2.24) is 10.1 Å². The lowest BCUT2D eigenvalue weighted by Crippen LogP contribution is -2.31. The van der Waals surface area contributed by atoms with Crippen molar-refractivity contribution in [3.8, 4) is 0 Å². The van der Waals surface area contributed by atoms with Crippen LogP contribution in [-0.4, -0.2) is 29.7 Å². The summed E-state index contributed by atoms with van der Waals surface area (Å²) in [7, 11) is 2.08. The molecule has 0 aliphatic carbocycles. The van der Waals surface area contributed by atoms with Crippen molar-refractivity contribution in [2.75, 3.05) is 13.6 Å². The third kappa shape index (κ3) is 4.33. The first kappa shape index (κ1) is 13.2. The second-order valence-corrected chi connectivity index (χ2v) is 4.86. The van der Waals surface area contributed by atoms with E-state index < -0.39 is 0 Å². The van der Waals surface area contributed by atoms with E-state index in [0.717, 1.165) is 31.0 Å². The summed E-state index contributed by atoms with van der Waals surface area (Å²) in [6.07, 6.45) is 1.02. The molecule has 1 aromatic heterocycles. The van der Waals surface area contributed by atoms with Gasteiger partial charge in [0, 0.05) is 18.7 Å². The number of aromatic nitrogens is 1. The largest absolute Gasteiger partial charge is 0.361 e. The summed E-state index contributed by atoms with van der Waals surface area (Å²) in [6.45, 7) is 8.04. The Balaban J connectivity index is 2.28. The van der Waals surface area contributed by atoms with Crippen LogP contribution in [0.25, 0.3) is 0 Å². The molecule has 0 saturated carbocycles. The van der Waals surface area contributed by atoms with Gasteiger partial charge in [0.1, 0.15) is 5.76 Å². The van der Waals surface area contributed by atoms with Gasteiger partial charge >= 0.3 is 0 Å². The topological polar surface area (TPSA) is 55.3 Å². The monoisotopic (exact) mass is 225 g/mol. The Hall–Kier alpha value is -0.870. The van der Waals surface area contributed by atoms with Crippen molar-refractivity contribution in [1.29, 1.82) is 0 Å². The Morgan fingerprint density at radius 1 is 1.50 bits per heavy atom. The third-order valence-electron chi connectivity index (χ3n) is 2.81. The summed E-state index contributed by atoms with van der Waals surface area (Å²) >= 11 is 0. The predicted molar refractivity (Wildman–Crippen MR) is 65.0 cm³/mol. The van der Waals surface area contributed by atoms with E-state index in [1.165, 1.54) is 0 Å². The number of aryl methyl sites for hydroxylation is 1. The van der Waals surface area contributed by atoms with Crippen molar-refractivity contribution in [3.63, 3.8) is 0 Å². The zero-order chi connectivity index (χ0) is 12.1. The van der Waals surface area contributed by atoms with Crippen molar-refractivity contribution in [2.24, 2.45) is 11.7 Å². The first-order valence-corrected chi connectivity index (χ1v) is 5.85. The lowest BCUT2D eigenvalue weighted by Gasteiger charge is -2.20. The van der Waals surface area contributed by atoms with Gasteiger partial charge in [-0.1, -0.05) is 19.0 Å². The fourth-order valence-corrected chi connectivity index (χ4v) is 1.55. The molecule has 0 fully saturated rings. The quantitative estimate of drug-likeness (QED) is 0.802. The molecule has 1 aromatic rings. The minimum absolute atomic E-state index is 0.279. The van der Waals surface area contributed by atoms with E-state index in [2.05, 4.69) is 31.0 Å². The van der Waals surface area contributed by atoms with Gasteiger partial charge in [-0.3, -0.25) is 0 Å². The second kappa shape index (κ2) is 6.01. The molecule has 0 spiro atoms. The number of hydrogen-bond donors (Lipinski definition) is 1. The first-order chi connectivity index (χ1) is 7.49. The number of nitrogens with two attached hydrogens (primary N) is 1. The molecule has 0 bridgehead atoms. The SMILES string of the molecule is Cc1cc(CN(C)CCC(N)C(C)C)no1. The average molecular weight is 225 g/mol. The zero-order valence-corrected chi connectivity index (χ0v) is 10.7. The molecule has 92 valence electrons. The minimum atomic E-state index is 0.279. The van der Waals surface area contributed by atoms with Crippen molar-refractivity contribution in [3.05, 3.63) is 17.5 Å². The molecule has 16 heavy (non-hydrogen) atoms. The van der Waals surface area contributed by atoms with E-state index in [-0.39, 0.29) is 6.04 Å². The van der Waals surface area contributed by atoms with Crippen LogP contribution in [0.15, 0.2) is 10.6 Å². The average Bonchev–Trinajstić information content (AvgIpc) is 2.60. The maximum atomic E-state index is 6.00. The summed E-state index contributed by atoms with van der Waals surface area (Å²) < 4.78 is 5.03. The zero-order valence-electron chi connectivity index (χ0n) is 10.7. The van der Waals surface area contributed by atoms with Crippen LogP contribution >= 0.6 is 0 Å². The standard InChI is InChI=1S/C12H23N3O/c1-9(2)12(13)5-6-15(4)8-11-7-10(3)16-14-11/h7,9,12H,5-6,8,13H2,1-4H3. The predicted octanol–water partition coefficient (Wildman–Crippen LogP) is 1.79. The Kier molecular flexibility index (Phi) is 4.96. The maximum Gasteiger partial charge on any atom is 0.133 e. The van der Waals surface area contributed by atoms with Gasteiger partial charge in [0.15, 0.2) is 0 Å². The number of rotatable bonds is 6. The molecule has 0 saturated heterocycles. The highest BCUT2D eigenvalue weighted by Gasteiger charge is 2.10. The molecule has 0 aromatic carbocycles. The fraction of sp³-hybridized carbons (Fsp3) is 0.750. The van der Waals surface area contributed by atoms with Gasteiger partial charge < -0.3 is 15.2 Å². The summed E-state index contributed by atoms with van der Waals surface area (Å²) in [5.41, 5.74) is 6.99. The smallest absolute Gasteiger partial charge is 0.133 e. The van der Waals surface area contributed by atoms with Crippen LogP contribution in [0, 0.1) is 12.8 Å². The van der Waals surface area contributed by atoms with Crippen LogP contribution in [0.3, 0.4) is 0 Å². The molecule has 4 nitrogen and oxygen atoms in total. The summed E-state index contributed by atoms with van der Waals surface area (Å²) in [5.74, 6) is 1.41. The minimum Gasteiger partial charge on any atom is -0.361 e. The lowest BCUT2D eigenvalue weighted by molar-refractivity contribution is 0.285. The van der Waals surface area contributed by atoms with E-state index in [9.17, 15) is 0 Å². The molecule has 0 aliphatic heterocycles. The van der Waals surface area contributed by atoms with E-state index in [1.54, 1.807) is 0 Å². The summed E-state index contributed by atoms with van der Waals surface area (Å²) in [4.78, 5) is 2.22. The van der Waals surface area contributed by atoms with Gasteiger partial charge in [0.05, 0.1) is 5.69 Å². The van der Waals surface area contributed by atoms with Gasteiger partial charge in [0.25, 0.3) is 0 Å². The molecule has 4 heteroatoms. The third-order valence-corrected chi connectivity index (χ3v) is 2.81. The van der Waals surface area contributed by atoms with Crippen LogP contribution in [0.5, 0.6) is 0 Å². The highest BCUT2D eigenvalue weighted by atomic mass is 16.5. The highest BCUT2D eigenvalue weighted by Crippen LogP contribution is 2.07. The molecule has 0 amide bonds. The van der Waals surface area contributed by atoms with Crippen molar-refractivity contribution < 1.29 is 4.52 Å². The Labute approximate surface area is 97.8 Å². The normalized spacial score (nSPS) is 13.7. The number of nitrogens with zero attached hydrogens (tertiary/aromatic N) is 2. The van der Waals surface area contributed by atoms with Gasteiger partial charge in [-0.2, -0.15) is 0 Å². The van der Waals surface area contributed by atoms with E-state index in [1.807, 2.05) is 13.0 Å². The Morgan fingerprint density at radius 3 is 2.69 bits per heavy atom. The van der Waals surface area contributed by atoms with Crippen molar-refractivity contribution >= 4 is 0 Å². The molecular weight excluding hydrogens is 202 g/mol. The van der Waals surface area contributed by atoms with Crippen LogP contribution < -0.4 is 5.73 Å². The lowest BCUT2D eigenvalue weighted by atomic mass is 10.0. The fourth-order valence-electron chi connectivity index (χ4n) is 1.55. The Morgan fingerprint density at radius 2 is 2.19 bits per heavy atom. The van der Waals surface area contributed by atoms with Gasteiger partial charge in [-0.25, -0.2) is 0 Å². The van der Waals surface area contributed by atoms with Gasteiger partial charge in [-0.15, -0.1) is 0 Å². The van der Waals surface area contributed by atoms with Crippen LogP contribution in [-0.2, 0) is 6.54 Å². The van der Waals surface area contributed by atoms with Crippen LogP contribution in [0.4, 0.5) is 0 Å². The molecule has 1 unspecified atom stereocenters. The van der Waals surface area contributed by atoms with Gasteiger partial charge in [0.2, 0.25) is 0 Å². The molecule has 1 heterocycles. The van der Waals surface area contributed by atoms with E-state index in [0.29, 0.717) is 5.92 Å². The molecule has 0 aliphatic rings.